The quantitative estimate of drug-likeness (QED) is 0.574. The van der Waals surface area contributed by atoms with Crippen LogP contribution in [0.15, 0.2) is 36.4 Å². The first-order chi connectivity index (χ1) is 13.5. The molecule has 1 N–H and O–H groups in total. The van der Waals surface area contributed by atoms with Gasteiger partial charge in [-0.2, -0.15) is 0 Å². The molecule has 152 valence electrons. The van der Waals surface area contributed by atoms with Crippen molar-refractivity contribution in [1.29, 1.82) is 0 Å². The summed E-state index contributed by atoms with van der Waals surface area (Å²) in [5.74, 6) is 1.70. The Hall–Kier alpha value is -2.69. The molecule has 2 rings (SSSR count). The van der Waals surface area contributed by atoms with Gasteiger partial charge in [-0.25, -0.2) is 0 Å². The van der Waals surface area contributed by atoms with Gasteiger partial charge in [0.1, 0.15) is 0 Å². The van der Waals surface area contributed by atoms with Gasteiger partial charge in [-0.3, -0.25) is 4.79 Å². The average Bonchev–Trinajstić information content (AvgIpc) is 2.70. The maximum Gasteiger partial charge on any atom is 0.255 e. The molecule has 0 saturated heterocycles. The standard InChI is InChI=1S/C23H31NO4/c1-6-16(5)18-12-10-11-13-19(18)24-23(25)17-14-20(26-7-2)22(28-9-4)21(15-17)27-8-3/h10-16H,6-9H2,1-5H3,(H,24,25)/t16-/m1/s1. The number of rotatable bonds is 10. The summed E-state index contributed by atoms with van der Waals surface area (Å²) < 4.78 is 17.1. The number of hydrogen-bond acceptors (Lipinski definition) is 4. The fourth-order valence-corrected chi connectivity index (χ4v) is 2.97. The molecule has 0 aliphatic heterocycles. The van der Waals surface area contributed by atoms with Gasteiger partial charge < -0.3 is 19.5 Å². The van der Waals surface area contributed by atoms with Crippen LogP contribution in [0.25, 0.3) is 0 Å². The van der Waals surface area contributed by atoms with E-state index in [-0.39, 0.29) is 5.91 Å². The van der Waals surface area contributed by atoms with Crippen LogP contribution in [0.1, 0.15) is 62.9 Å². The van der Waals surface area contributed by atoms with Crippen LogP contribution < -0.4 is 19.5 Å². The molecule has 0 radical (unpaired) electrons. The summed E-state index contributed by atoms with van der Waals surface area (Å²) in [5.41, 5.74) is 2.42. The van der Waals surface area contributed by atoms with E-state index in [1.807, 2.05) is 39.0 Å². The van der Waals surface area contributed by atoms with E-state index in [2.05, 4.69) is 25.2 Å². The fraction of sp³-hybridized carbons (Fsp3) is 0.435. The highest BCUT2D eigenvalue weighted by Gasteiger charge is 2.19. The van der Waals surface area contributed by atoms with E-state index in [4.69, 9.17) is 14.2 Å². The summed E-state index contributed by atoms with van der Waals surface area (Å²) in [6.07, 6.45) is 0.999. The molecule has 0 unspecified atom stereocenters. The van der Waals surface area contributed by atoms with Gasteiger partial charge in [0.15, 0.2) is 11.5 Å². The Bertz CT molecular complexity index is 761. The first kappa shape index (κ1) is 21.6. The van der Waals surface area contributed by atoms with Crippen LogP contribution in [0.3, 0.4) is 0 Å². The van der Waals surface area contributed by atoms with E-state index < -0.39 is 0 Å². The molecule has 0 aromatic heterocycles. The highest BCUT2D eigenvalue weighted by atomic mass is 16.5. The molecule has 5 heteroatoms. The minimum atomic E-state index is -0.208. The van der Waals surface area contributed by atoms with Crippen LogP contribution in [0.4, 0.5) is 5.69 Å². The predicted molar refractivity (Wildman–Crippen MR) is 113 cm³/mol. The second kappa shape index (κ2) is 10.6. The third-order valence-electron chi connectivity index (χ3n) is 4.52. The lowest BCUT2D eigenvalue weighted by molar-refractivity contribution is 0.102. The predicted octanol–water partition coefficient (Wildman–Crippen LogP) is 5.65. The molecule has 0 bridgehead atoms. The monoisotopic (exact) mass is 385 g/mol. The molecule has 0 aliphatic carbocycles. The molecule has 1 amide bonds. The van der Waals surface area contributed by atoms with Gasteiger partial charge in [-0.15, -0.1) is 0 Å². The molecule has 0 spiro atoms. The highest BCUT2D eigenvalue weighted by molar-refractivity contribution is 6.05. The Morgan fingerprint density at radius 3 is 2.04 bits per heavy atom. The largest absolute Gasteiger partial charge is 0.490 e. The Morgan fingerprint density at radius 1 is 0.929 bits per heavy atom. The van der Waals surface area contributed by atoms with Gasteiger partial charge in [-0.05, 0) is 56.9 Å². The van der Waals surface area contributed by atoms with Gasteiger partial charge in [0, 0.05) is 11.3 Å². The number of nitrogens with one attached hydrogen (secondary N) is 1. The van der Waals surface area contributed by atoms with E-state index in [0.717, 1.165) is 17.7 Å². The van der Waals surface area contributed by atoms with Gasteiger partial charge >= 0.3 is 0 Å². The average molecular weight is 386 g/mol. The summed E-state index contributed by atoms with van der Waals surface area (Å²) in [6, 6.07) is 11.3. The first-order valence-electron chi connectivity index (χ1n) is 10.0. The summed E-state index contributed by atoms with van der Waals surface area (Å²) in [5, 5.41) is 3.04. The van der Waals surface area contributed by atoms with E-state index in [0.29, 0.717) is 48.6 Å². The van der Waals surface area contributed by atoms with Crippen molar-refractivity contribution < 1.29 is 19.0 Å². The smallest absolute Gasteiger partial charge is 0.255 e. The molecule has 0 saturated carbocycles. The molecule has 2 aromatic carbocycles. The third-order valence-corrected chi connectivity index (χ3v) is 4.52. The second-order valence-electron chi connectivity index (χ2n) is 6.45. The number of benzene rings is 2. The second-order valence-corrected chi connectivity index (χ2v) is 6.45. The number of carbonyl (C=O) groups excluding carboxylic acids is 1. The number of hydrogen-bond donors (Lipinski definition) is 1. The molecular weight excluding hydrogens is 354 g/mol. The lowest BCUT2D eigenvalue weighted by Gasteiger charge is -2.18. The third kappa shape index (κ3) is 5.18. The van der Waals surface area contributed by atoms with Crippen LogP contribution >= 0.6 is 0 Å². The lowest BCUT2D eigenvalue weighted by Crippen LogP contribution is -2.15. The molecule has 0 heterocycles. The Kier molecular flexibility index (Phi) is 8.18. The van der Waals surface area contributed by atoms with Crippen molar-refractivity contribution in [3.05, 3.63) is 47.5 Å². The lowest BCUT2D eigenvalue weighted by atomic mass is 9.96. The van der Waals surface area contributed by atoms with Crippen molar-refractivity contribution >= 4 is 11.6 Å². The van der Waals surface area contributed by atoms with Crippen LogP contribution in [0.2, 0.25) is 0 Å². The first-order valence-corrected chi connectivity index (χ1v) is 10.0. The van der Waals surface area contributed by atoms with Crippen LogP contribution in [-0.4, -0.2) is 25.7 Å². The molecular formula is C23H31NO4. The van der Waals surface area contributed by atoms with Gasteiger partial charge in [0.25, 0.3) is 5.91 Å². The summed E-state index contributed by atoms with van der Waals surface area (Å²) in [7, 11) is 0. The summed E-state index contributed by atoms with van der Waals surface area (Å²) >= 11 is 0. The number of amides is 1. The zero-order valence-corrected chi connectivity index (χ0v) is 17.5. The Morgan fingerprint density at radius 2 is 1.50 bits per heavy atom. The molecule has 0 fully saturated rings. The Labute approximate surface area is 168 Å². The molecule has 1 atom stereocenters. The van der Waals surface area contributed by atoms with Crippen molar-refractivity contribution in [2.75, 3.05) is 25.1 Å². The maximum absolute atomic E-state index is 13.0. The number of anilines is 1. The molecule has 5 nitrogen and oxygen atoms in total. The summed E-state index contributed by atoms with van der Waals surface area (Å²) in [4.78, 5) is 13.0. The van der Waals surface area contributed by atoms with Crippen LogP contribution in [0, 0.1) is 0 Å². The van der Waals surface area contributed by atoms with Crippen molar-refractivity contribution in [1.82, 2.24) is 0 Å². The summed E-state index contributed by atoms with van der Waals surface area (Å²) in [6.45, 7) is 11.4. The number of para-hydroxylation sites is 1. The van der Waals surface area contributed by atoms with Crippen molar-refractivity contribution in [2.45, 2.75) is 47.0 Å². The minimum Gasteiger partial charge on any atom is -0.490 e. The molecule has 2 aromatic rings. The number of ether oxygens (including phenoxy) is 3. The number of carbonyl (C=O) groups is 1. The molecule has 28 heavy (non-hydrogen) atoms. The zero-order chi connectivity index (χ0) is 20.5. The van der Waals surface area contributed by atoms with Crippen LogP contribution in [-0.2, 0) is 0 Å². The van der Waals surface area contributed by atoms with E-state index >= 15 is 0 Å². The fourth-order valence-electron chi connectivity index (χ4n) is 2.97. The van der Waals surface area contributed by atoms with E-state index in [1.54, 1.807) is 12.1 Å². The van der Waals surface area contributed by atoms with Crippen LogP contribution in [0.5, 0.6) is 17.2 Å². The van der Waals surface area contributed by atoms with Gasteiger partial charge in [-0.1, -0.05) is 32.0 Å². The highest BCUT2D eigenvalue weighted by Crippen LogP contribution is 2.39. The minimum absolute atomic E-state index is 0.208. The van der Waals surface area contributed by atoms with E-state index in [9.17, 15) is 4.79 Å². The maximum atomic E-state index is 13.0. The normalized spacial score (nSPS) is 11.6. The van der Waals surface area contributed by atoms with Gasteiger partial charge in [0.2, 0.25) is 5.75 Å². The van der Waals surface area contributed by atoms with Crippen molar-refractivity contribution in [3.8, 4) is 17.2 Å². The topological polar surface area (TPSA) is 56.8 Å². The van der Waals surface area contributed by atoms with Crippen molar-refractivity contribution in [3.63, 3.8) is 0 Å². The zero-order valence-electron chi connectivity index (χ0n) is 17.5. The van der Waals surface area contributed by atoms with E-state index in [1.165, 1.54) is 0 Å². The van der Waals surface area contributed by atoms with Crippen molar-refractivity contribution in [2.24, 2.45) is 0 Å². The SMILES string of the molecule is CCOc1cc(C(=O)Nc2ccccc2[C@H](C)CC)cc(OCC)c1OCC. The molecule has 0 aliphatic rings. The Balaban J connectivity index is 2.40. The van der Waals surface area contributed by atoms with Gasteiger partial charge in [0.05, 0.1) is 19.8 Å².